The normalized spacial score (nSPS) is 25.2. The number of likely N-dealkylation sites (tertiary alicyclic amines) is 1. The lowest BCUT2D eigenvalue weighted by molar-refractivity contribution is -0.122. The second-order valence-corrected chi connectivity index (χ2v) is 6.76. The number of carbonyl (C=O) groups is 2. The van der Waals surface area contributed by atoms with Crippen LogP contribution in [-0.2, 0) is 16.1 Å². The van der Waals surface area contributed by atoms with E-state index >= 15 is 0 Å². The molecule has 0 spiro atoms. The number of rotatable bonds is 3. The highest BCUT2D eigenvalue weighted by atomic mass is 16.2. The Morgan fingerprint density at radius 1 is 1.26 bits per heavy atom. The van der Waals surface area contributed by atoms with E-state index in [2.05, 4.69) is 27.7 Å². The molecular formula is C18H25N3O2. The molecule has 3 rings (SSSR count). The standard InChI is InChI=1S/C18H25N3O2/c1-13(22)20-17-4-2-14(3-5-17)11-21-9-7-15-10-18(23)19-8-6-16(15)12-21/h2-5,15-16H,6-12H2,1H3,(H,19,23)(H,20,22). The summed E-state index contributed by atoms with van der Waals surface area (Å²) >= 11 is 0. The fraction of sp³-hybridized carbons (Fsp3) is 0.556. The van der Waals surface area contributed by atoms with Gasteiger partial charge < -0.3 is 10.6 Å². The molecular weight excluding hydrogens is 290 g/mol. The van der Waals surface area contributed by atoms with Crippen molar-refractivity contribution in [1.82, 2.24) is 10.2 Å². The van der Waals surface area contributed by atoms with Crippen LogP contribution in [0.2, 0.25) is 0 Å². The van der Waals surface area contributed by atoms with Gasteiger partial charge in [0.1, 0.15) is 0 Å². The summed E-state index contributed by atoms with van der Waals surface area (Å²) in [5, 5.41) is 5.79. The predicted octanol–water partition coefficient (Wildman–Crippen LogP) is 1.99. The fourth-order valence-electron chi connectivity index (χ4n) is 3.76. The van der Waals surface area contributed by atoms with Crippen LogP contribution in [-0.4, -0.2) is 36.3 Å². The Kier molecular flexibility index (Phi) is 4.96. The summed E-state index contributed by atoms with van der Waals surface area (Å²) in [6.45, 7) is 5.41. The van der Waals surface area contributed by atoms with Crippen LogP contribution in [0.1, 0.15) is 31.7 Å². The molecule has 0 bridgehead atoms. The molecule has 2 unspecified atom stereocenters. The molecule has 0 aliphatic carbocycles. The van der Waals surface area contributed by atoms with E-state index in [0.717, 1.165) is 44.7 Å². The van der Waals surface area contributed by atoms with E-state index in [0.29, 0.717) is 18.3 Å². The van der Waals surface area contributed by atoms with Crippen molar-refractivity contribution in [3.63, 3.8) is 0 Å². The lowest BCUT2D eigenvalue weighted by Gasteiger charge is -2.37. The van der Waals surface area contributed by atoms with E-state index in [1.54, 1.807) is 0 Å². The van der Waals surface area contributed by atoms with Crippen LogP contribution in [0.4, 0.5) is 5.69 Å². The minimum absolute atomic E-state index is 0.0451. The van der Waals surface area contributed by atoms with Gasteiger partial charge in [0.05, 0.1) is 0 Å². The number of fused-ring (bicyclic) bond motifs is 1. The maximum Gasteiger partial charge on any atom is 0.221 e. The third kappa shape index (κ3) is 4.32. The molecule has 2 saturated heterocycles. The van der Waals surface area contributed by atoms with Gasteiger partial charge in [0.2, 0.25) is 11.8 Å². The Balaban J connectivity index is 1.56. The molecule has 2 fully saturated rings. The lowest BCUT2D eigenvalue weighted by Crippen LogP contribution is -2.40. The summed E-state index contributed by atoms with van der Waals surface area (Å²) in [4.78, 5) is 25.2. The number of hydrogen-bond donors (Lipinski definition) is 2. The van der Waals surface area contributed by atoms with Gasteiger partial charge in [-0.3, -0.25) is 14.5 Å². The second kappa shape index (κ2) is 7.13. The van der Waals surface area contributed by atoms with E-state index in [1.807, 2.05) is 12.1 Å². The molecule has 2 N–H and O–H groups in total. The lowest BCUT2D eigenvalue weighted by atomic mass is 9.82. The molecule has 23 heavy (non-hydrogen) atoms. The molecule has 2 heterocycles. The number of amides is 2. The summed E-state index contributed by atoms with van der Waals surface area (Å²) < 4.78 is 0. The highest BCUT2D eigenvalue weighted by molar-refractivity contribution is 5.88. The van der Waals surface area contributed by atoms with Gasteiger partial charge >= 0.3 is 0 Å². The first-order chi connectivity index (χ1) is 11.1. The molecule has 2 aliphatic heterocycles. The van der Waals surface area contributed by atoms with Gasteiger partial charge in [-0.15, -0.1) is 0 Å². The largest absolute Gasteiger partial charge is 0.356 e. The van der Waals surface area contributed by atoms with Gasteiger partial charge in [-0.25, -0.2) is 0 Å². The van der Waals surface area contributed by atoms with Crippen molar-refractivity contribution < 1.29 is 9.59 Å². The molecule has 0 saturated carbocycles. The molecule has 2 amide bonds. The summed E-state index contributed by atoms with van der Waals surface area (Å²) in [6, 6.07) is 8.07. The third-order valence-corrected chi connectivity index (χ3v) is 4.94. The van der Waals surface area contributed by atoms with Crippen LogP contribution in [0, 0.1) is 11.8 Å². The van der Waals surface area contributed by atoms with Crippen molar-refractivity contribution in [2.24, 2.45) is 11.8 Å². The number of carbonyl (C=O) groups excluding carboxylic acids is 2. The second-order valence-electron chi connectivity index (χ2n) is 6.76. The van der Waals surface area contributed by atoms with E-state index in [9.17, 15) is 9.59 Å². The molecule has 5 nitrogen and oxygen atoms in total. The van der Waals surface area contributed by atoms with Crippen LogP contribution in [0.3, 0.4) is 0 Å². The van der Waals surface area contributed by atoms with Crippen molar-refractivity contribution >= 4 is 17.5 Å². The predicted molar refractivity (Wildman–Crippen MR) is 89.9 cm³/mol. The van der Waals surface area contributed by atoms with Crippen LogP contribution < -0.4 is 10.6 Å². The Labute approximate surface area is 137 Å². The Morgan fingerprint density at radius 2 is 2.04 bits per heavy atom. The topological polar surface area (TPSA) is 61.4 Å². The zero-order valence-corrected chi connectivity index (χ0v) is 13.7. The van der Waals surface area contributed by atoms with E-state index in [-0.39, 0.29) is 11.8 Å². The average molecular weight is 315 g/mol. The average Bonchev–Trinajstić information content (AvgIpc) is 2.69. The number of nitrogens with one attached hydrogen (secondary N) is 2. The van der Waals surface area contributed by atoms with Gasteiger partial charge in [-0.1, -0.05) is 12.1 Å². The minimum Gasteiger partial charge on any atom is -0.356 e. The highest BCUT2D eigenvalue weighted by Crippen LogP contribution is 2.31. The van der Waals surface area contributed by atoms with Crippen LogP contribution in [0.25, 0.3) is 0 Å². The van der Waals surface area contributed by atoms with E-state index < -0.39 is 0 Å². The van der Waals surface area contributed by atoms with Gasteiger partial charge in [0.25, 0.3) is 0 Å². The summed E-state index contributed by atoms with van der Waals surface area (Å²) in [5.41, 5.74) is 2.11. The summed E-state index contributed by atoms with van der Waals surface area (Å²) in [6.07, 6.45) is 2.90. The first-order valence-corrected chi connectivity index (χ1v) is 8.46. The zero-order valence-electron chi connectivity index (χ0n) is 13.7. The first-order valence-electron chi connectivity index (χ1n) is 8.46. The third-order valence-electron chi connectivity index (χ3n) is 4.94. The molecule has 2 atom stereocenters. The van der Waals surface area contributed by atoms with Crippen LogP contribution >= 0.6 is 0 Å². The van der Waals surface area contributed by atoms with Crippen molar-refractivity contribution in [1.29, 1.82) is 0 Å². The fourth-order valence-corrected chi connectivity index (χ4v) is 3.76. The van der Waals surface area contributed by atoms with Crippen molar-refractivity contribution in [3.8, 4) is 0 Å². The maximum atomic E-state index is 11.7. The smallest absolute Gasteiger partial charge is 0.221 e. The Hall–Kier alpha value is -1.88. The summed E-state index contributed by atoms with van der Waals surface area (Å²) in [5.74, 6) is 1.35. The van der Waals surface area contributed by atoms with Crippen LogP contribution in [0.15, 0.2) is 24.3 Å². The van der Waals surface area contributed by atoms with Gasteiger partial charge in [-0.2, -0.15) is 0 Å². The highest BCUT2D eigenvalue weighted by Gasteiger charge is 2.32. The Morgan fingerprint density at radius 3 is 2.78 bits per heavy atom. The van der Waals surface area contributed by atoms with Gasteiger partial charge in [0, 0.05) is 38.7 Å². The molecule has 124 valence electrons. The summed E-state index contributed by atoms with van der Waals surface area (Å²) in [7, 11) is 0. The molecule has 1 aromatic carbocycles. The SMILES string of the molecule is CC(=O)Nc1ccc(CN2CCC3CC(=O)NCCC3C2)cc1. The first kappa shape index (κ1) is 16.0. The molecule has 2 aliphatic rings. The zero-order chi connectivity index (χ0) is 16.2. The van der Waals surface area contributed by atoms with E-state index in [4.69, 9.17) is 0 Å². The van der Waals surface area contributed by atoms with E-state index in [1.165, 1.54) is 12.5 Å². The number of piperidine rings is 1. The molecule has 5 heteroatoms. The molecule has 0 radical (unpaired) electrons. The number of anilines is 1. The van der Waals surface area contributed by atoms with Gasteiger partial charge in [-0.05, 0) is 48.9 Å². The van der Waals surface area contributed by atoms with Crippen molar-refractivity contribution in [2.75, 3.05) is 25.0 Å². The number of nitrogens with zero attached hydrogens (tertiary/aromatic N) is 1. The van der Waals surface area contributed by atoms with Crippen LogP contribution in [0.5, 0.6) is 0 Å². The number of benzene rings is 1. The number of hydrogen-bond acceptors (Lipinski definition) is 3. The molecule has 0 aromatic heterocycles. The molecule has 1 aromatic rings. The minimum atomic E-state index is -0.0451. The van der Waals surface area contributed by atoms with Crippen molar-refractivity contribution in [3.05, 3.63) is 29.8 Å². The quantitative estimate of drug-likeness (QED) is 0.897. The monoisotopic (exact) mass is 315 g/mol. The Bertz CT molecular complexity index is 570. The van der Waals surface area contributed by atoms with Crippen molar-refractivity contribution in [2.45, 2.75) is 32.7 Å². The van der Waals surface area contributed by atoms with Gasteiger partial charge in [0.15, 0.2) is 0 Å². The maximum absolute atomic E-state index is 11.7.